The summed E-state index contributed by atoms with van der Waals surface area (Å²) in [6.45, 7) is 0.281. The van der Waals surface area contributed by atoms with Crippen LogP contribution in [-0.4, -0.2) is 16.5 Å². The summed E-state index contributed by atoms with van der Waals surface area (Å²) in [4.78, 5) is 18.3. The third kappa shape index (κ3) is 3.54. The Hall–Kier alpha value is -3.35. The zero-order valence-electron chi connectivity index (χ0n) is 16.5. The number of thiazole rings is 1. The van der Waals surface area contributed by atoms with E-state index in [0.717, 1.165) is 22.2 Å². The van der Waals surface area contributed by atoms with Gasteiger partial charge in [-0.3, -0.25) is 4.79 Å². The van der Waals surface area contributed by atoms with E-state index in [1.807, 2.05) is 72.8 Å². The Morgan fingerprint density at radius 1 is 1.06 bits per heavy atom. The minimum Gasteiger partial charge on any atom is -0.493 e. The molecule has 0 spiro atoms. The first-order valence-electron chi connectivity index (χ1n) is 9.60. The quantitative estimate of drug-likeness (QED) is 0.391. The molecule has 2 aromatic heterocycles. The molecule has 2 heterocycles. The maximum Gasteiger partial charge on any atom is 0.274 e. The van der Waals surface area contributed by atoms with Gasteiger partial charge in [0.05, 0.1) is 22.7 Å². The standard InChI is InChI=1S/C24H17ClN2O3S/c1-29-20-12-6-8-15(22(20)30-14-16-7-2-3-9-17(16)25)13-21-23(28)27-19-11-5-4-10-18(19)26-24(27)31-21/h2-13H,14H2,1H3/b21-13-. The van der Waals surface area contributed by atoms with E-state index in [4.69, 9.17) is 21.1 Å². The summed E-state index contributed by atoms with van der Waals surface area (Å²) >= 11 is 7.62. The van der Waals surface area contributed by atoms with Crippen molar-refractivity contribution in [2.24, 2.45) is 0 Å². The Morgan fingerprint density at radius 2 is 1.87 bits per heavy atom. The second-order valence-corrected chi connectivity index (χ2v) is 8.31. The number of halogens is 1. The number of rotatable bonds is 5. The molecule has 5 nitrogen and oxygen atoms in total. The lowest BCUT2D eigenvalue weighted by molar-refractivity contribution is 0.284. The van der Waals surface area contributed by atoms with E-state index in [0.29, 0.717) is 26.0 Å². The maximum absolute atomic E-state index is 13.1. The summed E-state index contributed by atoms with van der Waals surface area (Å²) in [5, 5.41) is 0.635. The van der Waals surface area contributed by atoms with Crippen LogP contribution in [0.5, 0.6) is 11.5 Å². The van der Waals surface area contributed by atoms with Crippen LogP contribution in [0.15, 0.2) is 71.5 Å². The predicted octanol–water partition coefficient (Wildman–Crippen LogP) is 4.70. The number of imidazole rings is 1. The van der Waals surface area contributed by atoms with E-state index < -0.39 is 0 Å². The Bertz CT molecular complexity index is 1520. The molecule has 0 radical (unpaired) electrons. The fourth-order valence-electron chi connectivity index (χ4n) is 3.48. The average molecular weight is 449 g/mol. The van der Waals surface area contributed by atoms with E-state index in [9.17, 15) is 4.79 Å². The van der Waals surface area contributed by atoms with Gasteiger partial charge in [0.15, 0.2) is 16.5 Å². The Labute approximate surface area is 186 Å². The highest BCUT2D eigenvalue weighted by atomic mass is 35.5. The van der Waals surface area contributed by atoms with Crippen molar-refractivity contribution in [1.82, 2.24) is 9.38 Å². The third-order valence-electron chi connectivity index (χ3n) is 4.99. The Morgan fingerprint density at radius 3 is 2.71 bits per heavy atom. The van der Waals surface area contributed by atoms with E-state index in [1.165, 1.54) is 11.3 Å². The summed E-state index contributed by atoms with van der Waals surface area (Å²) in [6, 6.07) is 20.7. The van der Waals surface area contributed by atoms with E-state index in [-0.39, 0.29) is 12.2 Å². The number of benzene rings is 3. The summed E-state index contributed by atoms with van der Waals surface area (Å²) in [6.07, 6.45) is 1.82. The number of methoxy groups -OCH3 is 1. The Kier molecular flexibility index (Phi) is 5.10. The van der Waals surface area contributed by atoms with E-state index in [2.05, 4.69) is 4.98 Å². The molecule has 0 fully saturated rings. The second-order valence-electron chi connectivity index (χ2n) is 6.89. The molecule has 0 aliphatic carbocycles. The van der Waals surface area contributed by atoms with Crippen molar-refractivity contribution in [2.45, 2.75) is 6.61 Å². The lowest BCUT2D eigenvalue weighted by Gasteiger charge is -2.14. The van der Waals surface area contributed by atoms with Crippen LogP contribution in [0.25, 0.3) is 22.1 Å². The summed E-state index contributed by atoms with van der Waals surface area (Å²) in [5.74, 6) is 1.14. The topological polar surface area (TPSA) is 52.8 Å². The van der Waals surface area contributed by atoms with Gasteiger partial charge >= 0.3 is 0 Å². The molecular formula is C24H17ClN2O3S. The van der Waals surface area contributed by atoms with E-state index in [1.54, 1.807) is 11.5 Å². The number of hydrogen-bond donors (Lipinski definition) is 0. The first-order valence-corrected chi connectivity index (χ1v) is 10.8. The molecule has 0 atom stereocenters. The number of hydrogen-bond acceptors (Lipinski definition) is 5. The van der Waals surface area contributed by atoms with Crippen molar-refractivity contribution < 1.29 is 9.47 Å². The minimum absolute atomic E-state index is 0.103. The molecule has 0 aliphatic rings. The normalized spacial score (nSPS) is 12.0. The van der Waals surface area contributed by atoms with Crippen molar-refractivity contribution >= 4 is 45.0 Å². The van der Waals surface area contributed by atoms with Gasteiger partial charge in [-0.2, -0.15) is 0 Å². The van der Waals surface area contributed by atoms with Crippen LogP contribution in [0.2, 0.25) is 5.02 Å². The fraction of sp³-hybridized carbons (Fsp3) is 0.0833. The van der Waals surface area contributed by atoms with Crippen molar-refractivity contribution in [1.29, 1.82) is 0 Å². The smallest absolute Gasteiger partial charge is 0.274 e. The fourth-order valence-corrected chi connectivity index (χ4v) is 4.65. The lowest BCUT2D eigenvalue weighted by Crippen LogP contribution is -2.22. The SMILES string of the molecule is COc1cccc(/C=c2\sc3nc4ccccc4n3c2=O)c1OCc1ccccc1Cl. The highest BCUT2D eigenvalue weighted by Crippen LogP contribution is 2.33. The first-order chi connectivity index (χ1) is 15.2. The molecule has 154 valence electrons. The van der Waals surface area contributed by atoms with Gasteiger partial charge in [-0.05, 0) is 30.3 Å². The van der Waals surface area contributed by atoms with Crippen molar-refractivity contribution in [3.8, 4) is 11.5 Å². The van der Waals surface area contributed by atoms with Crippen LogP contribution >= 0.6 is 22.9 Å². The molecule has 31 heavy (non-hydrogen) atoms. The Balaban J connectivity index is 1.60. The summed E-state index contributed by atoms with van der Waals surface area (Å²) in [7, 11) is 1.59. The first kappa shape index (κ1) is 19.6. The molecule has 0 saturated heterocycles. The lowest BCUT2D eigenvalue weighted by atomic mass is 10.1. The third-order valence-corrected chi connectivity index (χ3v) is 6.33. The van der Waals surface area contributed by atoms with Crippen LogP contribution in [0.4, 0.5) is 0 Å². The highest BCUT2D eigenvalue weighted by molar-refractivity contribution is 7.15. The van der Waals surface area contributed by atoms with Gasteiger partial charge in [0, 0.05) is 16.1 Å². The number of fused-ring (bicyclic) bond motifs is 3. The maximum atomic E-state index is 13.1. The molecule has 0 unspecified atom stereocenters. The highest BCUT2D eigenvalue weighted by Gasteiger charge is 2.14. The zero-order chi connectivity index (χ0) is 21.4. The van der Waals surface area contributed by atoms with Gasteiger partial charge in [-0.15, -0.1) is 0 Å². The molecule has 5 rings (SSSR count). The molecule has 0 N–H and O–H groups in total. The van der Waals surface area contributed by atoms with Crippen molar-refractivity contribution in [3.05, 3.63) is 97.8 Å². The van der Waals surface area contributed by atoms with Crippen LogP contribution in [0.3, 0.4) is 0 Å². The van der Waals surface area contributed by atoms with Crippen LogP contribution in [0, 0.1) is 0 Å². The van der Waals surface area contributed by atoms with Crippen molar-refractivity contribution in [2.75, 3.05) is 7.11 Å². The molecule has 0 saturated carbocycles. The number of nitrogens with zero attached hydrogens (tertiary/aromatic N) is 2. The molecule has 0 amide bonds. The summed E-state index contributed by atoms with van der Waals surface area (Å²) in [5.41, 5.74) is 3.12. The van der Waals surface area contributed by atoms with Gasteiger partial charge in [-0.1, -0.05) is 65.4 Å². The molecule has 3 aromatic carbocycles. The van der Waals surface area contributed by atoms with Gasteiger partial charge in [-0.25, -0.2) is 9.38 Å². The van der Waals surface area contributed by atoms with Gasteiger partial charge in [0.25, 0.3) is 5.56 Å². The molecule has 5 aromatic rings. The average Bonchev–Trinajstić information content (AvgIpc) is 3.29. The van der Waals surface area contributed by atoms with E-state index >= 15 is 0 Å². The monoisotopic (exact) mass is 448 g/mol. The summed E-state index contributed by atoms with van der Waals surface area (Å²) < 4.78 is 13.8. The predicted molar refractivity (Wildman–Crippen MR) is 124 cm³/mol. The van der Waals surface area contributed by atoms with Gasteiger partial charge in [0.1, 0.15) is 6.61 Å². The zero-order valence-corrected chi connectivity index (χ0v) is 18.1. The van der Waals surface area contributed by atoms with Crippen molar-refractivity contribution in [3.63, 3.8) is 0 Å². The minimum atomic E-state index is -0.103. The molecule has 0 bridgehead atoms. The van der Waals surface area contributed by atoms with Gasteiger partial charge < -0.3 is 9.47 Å². The largest absolute Gasteiger partial charge is 0.493 e. The van der Waals surface area contributed by atoms with Gasteiger partial charge in [0.2, 0.25) is 0 Å². The van der Waals surface area contributed by atoms with Crippen LogP contribution in [-0.2, 0) is 6.61 Å². The molecular weight excluding hydrogens is 432 g/mol. The number of ether oxygens (including phenoxy) is 2. The van der Waals surface area contributed by atoms with Crippen LogP contribution < -0.4 is 19.6 Å². The number of aromatic nitrogens is 2. The molecule has 7 heteroatoms. The number of para-hydroxylation sites is 3. The molecule has 0 aliphatic heterocycles. The second kappa shape index (κ2) is 8.06. The van der Waals surface area contributed by atoms with Crippen LogP contribution in [0.1, 0.15) is 11.1 Å².